The van der Waals surface area contributed by atoms with E-state index in [1.54, 1.807) is 0 Å². The zero-order valence-electron chi connectivity index (χ0n) is 9.70. The van der Waals surface area contributed by atoms with Gasteiger partial charge in [-0.25, -0.2) is 22.0 Å². The Kier molecular flexibility index (Phi) is 2.50. The molecular formula is C13H9F5O. The molecule has 0 radical (unpaired) electrons. The second-order valence-corrected chi connectivity index (χ2v) is 5.17. The van der Waals surface area contributed by atoms with Gasteiger partial charge < -0.3 is 0 Å². The van der Waals surface area contributed by atoms with Crippen molar-refractivity contribution in [1.82, 2.24) is 0 Å². The molecule has 2 fully saturated rings. The molecule has 19 heavy (non-hydrogen) atoms. The van der Waals surface area contributed by atoms with E-state index < -0.39 is 46.0 Å². The van der Waals surface area contributed by atoms with Gasteiger partial charge in [0.15, 0.2) is 23.3 Å². The topological polar surface area (TPSA) is 17.1 Å². The molecule has 6 heteroatoms. The van der Waals surface area contributed by atoms with Gasteiger partial charge in [0.2, 0.25) is 5.82 Å². The molecule has 1 spiro atoms. The van der Waals surface area contributed by atoms with E-state index in [4.69, 9.17) is 0 Å². The van der Waals surface area contributed by atoms with Crippen LogP contribution in [0.2, 0.25) is 0 Å². The summed E-state index contributed by atoms with van der Waals surface area (Å²) < 4.78 is 66.6. The molecular weight excluding hydrogens is 267 g/mol. The first-order chi connectivity index (χ1) is 8.90. The van der Waals surface area contributed by atoms with E-state index in [1.165, 1.54) is 0 Å². The summed E-state index contributed by atoms with van der Waals surface area (Å²) in [6.07, 6.45) is 1.49. The number of Topliss-reactive ketones (excluding diaryl/α,β-unsaturated/α-hetero) is 1. The van der Waals surface area contributed by atoms with Crippen LogP contribution in [0, 0.1) is 34.5 Å². The van der Waals surface area contributed by atoms with E-state index in [2.05, 4.69) is 0 Å². The van der Waals surface area contributed by atoms with Gasteiger partial charge >= 0.3 is 0 Å². The van der Waals surface area contributed by atoms with Crippen molar-refractivity contribution in [2.24, 2.45) is 5.41 Å². The van der Waals surface area contributed by atoms with E-state index in [1.807, 2.05) is 0 Å². The maximum absolute atomic E-state index is 13.7. The second kappa shape index (κ2) is 3.77. The number of benzene rings is 1. The second-order valence-electron chi connectivity index (χ2n) is 5.17. The number of carbonyl (C=O) groups is 1. The third-order valence-electron chi connectivity index (χ3n) is 4.45. The molecule has 0 heterocycles. The van der Waals surface area contributed by atoms with Crippen molar-refractivity contribution in [1.29, 1.82) is 0 Å². The van der Waals surface area contributed by atoms with Gasteiger partial charge in [-0.2, -0.15) is 0 Å². The summed E-state index contributed by atoms with van der Waals surface area (Å²) in [7, 11) is 0. The summed E-state index contributed by atoms with van der Waals surface area (Å²) >= 11 is 0. The Morgan fingerprint density at radius 2 is 1.32 bits per heavy atom. The Morgan fingerprint density at radius 3 is 1.68 bits per heavy atom. The number of rotatable bonds is 1. The van der Waals surface area contributed by atoms with Gasteiger partial charge in [0.05, 0.1) is 0 Å². The maximum atomic E-state index is 13.7. The van der Waals surface area contributed by atoms with Crippen molar-refractivity contribution in [3.63, 3.8) is 0 Å². The molecule has 2 saturated carbocycles. The Hall–Kier alpha value is -1.46. The minimum absolute atomic E-state index is 0.146. The lowest BCUT2D eigenvalue weighted by Gasteiger charge is -2.54. The Balaban J connectivity index is 2.14. The van der Waals surface area contributed by atoms with Crippen molar-refractivity contribution in [2.75, 3.05) is 0 Å². The van der Waals surface area contributed by atoms with Gasteiger partial charge in [0.25, 0.3) is 0 Å². The van der Waals surface area contributed by atoms with Crippen LogP contribution in [0.1, 0.15) is 37.2 Å². The van der Waals surface area contributed by atoms with E-state index in [-0.39, 0.29) is 12.2 Å². The highest BCUT2D eigenvalue weighted by molar-refractivity contribution is 5.94. The first kappa shape index (κ1) is 12.6. The molecule has 2 aliphatic carbocycles. The van der Waals surface area contributed by atoms with Crippen molar-refractivity contribution >= 4 is 5.78 Å². The monoisotopic (exact) mass is 276 g/mol. The fourth-order valence-corrected chi connectivity index (χ4v) is 3.14. The molecule has 0 amide bonds. The molecule has 1 aromatic carbocycles. The lowest BCUT2D eigenvalue weighted by molar-refractivity contribution is -0.149. The summed E-state index contributed by atoms with van der Waals surface area (Å²) in [5.41, 5.74) is -1.71. The first-order valence-electron chi connectivity index (χ1n) is 5.95. The summed E-state index contributed by atoms with van der Waals surface area (Å²) in [6, 6.07) is 0. The zero-order valence-corrected chi connectivity index (χ0v) is 9.70. The fourth-order valence-electron chi connectivity index (χ4n) is 3.14. The Bertz CT molecular complexity index is 562. The van der Waals surface area contributed by atoms with Crippen LogP contribution in [0.25, 0.3) is 0 Å². The first-order valence-corrected chi connectivity index (χ1v) is 5.95. The lowest BCUT2D eigenvalue weighted by atomic mass is 9.47. The summed E-state index contributed by atoms with van der Waals surface area (Å²) in [6.45, 7) is 0. The van der Waals surface area contributed by atoms with Gasteiger partial charge in [-0.1, -0.05) is 6.42 Å². The van der Waals surface area contributed by atoms with Gasteiger partial charge in [-0.15, -0.1) is 0 Å². The standard InChI is InChI=1S/C13H9F5O/c14-8-7(9(15)11(17)12(18)10(8)16)5-4-6(19)13(5)2-1-3-13/h5H,1-4H2. The zero-order chi connectivity index (χ0) is 13.9. The van der Waals surface area contributed by atoms with Crippen LogP contribution in [0.4, 0.5) is 22.0 Å². The van der Waals surface area contributed by atoms with E-state index >= 15 is 0 Å². The lowest BCUT2D eigenvalue weighted by Crippen LogP contribution is -2.53. The average molecular weight is 276 g/mol. The molecule has 1 unspecified atom stereocenters. The van der Waals surface area contributed by atoms with Crippen LogP contribution < -0.4 is 0 Å². The third-order valence-corrected chi connectivity index (χ3v) is 4.45. The largest absolute Gasteiger partial charge is 0.299 e. The SMILES string of the molecule is O=C1CC(c2c(F)c(F)c(F)c(F)c2F)C12CCC2. The molecule has 0 aromatic heterocycles. The highest BCUT2D eigenvalue weighted by atomic mass is 19.2. The molecule has 1 atom stereocenters. The highest BCUT2D eigenvalue weighted by Gasteiger charge is 2.60. The normalized spacial score (nSPS) is 24.3. The molecule has 1 nitrogen and oxygen atoms in total. The minimum Gasteiger partial charge on any atom is -0.299 e. The van der Waals surface area contributed by atoms with Crippen LogP contribution in [0.3, 0.4) is 0 Å². The number of ketones is 1. The Labute approximate surface area is 105 Å². The van der Waals surface area contributed by atoms with Crippen LogP contribution in [-0.4, -0.2) is 5.78 Å². The summed E-state index contributed by atoms with van der Waals surface area (Å²) in [4.78, 5) is 11.6. The summed E-state index contributed by atoms with van der Waals surface area (Å²) in [5.74, 6) is -10.7. The van der Waals surface area contributed by atoms with Crippen LogP contribution in [0.15, 0.2) is 0 Å². The molecule has 0 aliphatic heterocycles. The van der Waals surface area contributed by atoms with E-state index in [0.29, 0.717) is 12.8 Å². The van der Waals surface area contributed by atoms with Crippen molar-refractivity contribution in [2.45, 2.75) is 31.6 Å². The molecule has 0 bridgehead atoms. The van der Waals surface area contributed by atoms with Crippen molar-refractivity contribution in [3.05, 3.63) is 34.6 Å². The van der Waals surface area contributed by atoms with Gasteiger partial charge in [0.1, 0.15) is 5.78 Å². The number of halogens is 5. The number of carbonyl (C=O) groups excluding carboxylic acids is 1. The molecule has 0 N–H and O–H groups in total. The smallest absolute Gasteiger partial charge is 0.200 e. The van der Waals surface area contributed by atoms with Crippen LogP contribution in [0.5, 0.6) is 0 Å². The molecule has 1 aromatic rings. The molecule has 102 valence electrons. The quantitative estimate of drug-likeness (QED) is 0.435. The summed E-state index contributed by atoms with van der Waals surface area (Å²) in [5, 5.41) is 0. The van der Waals surface area contributed by atoms with Gasteiger partial charge in [0, 0.05) is 23.3 Å². The maximum Gasteiger partial charge on any atom is 0.200 e. The minimum atomic E-state index is -2.16. The third kappa shape index (κ3) is 1.37. The molecule has 3 rings (SSSR count). The van der Waals surface area contributed by atoms with E-state index in [9.17, 15) is 26.7 Å². The molecule has 0 saturated heterocycles. The highest BCUT2D eigenvalue weighted by Crippen LogP contribution is 2.62. The predicted molar refractivity (Wildman–Crippen MR) is 54.9 cm³/mol. The van der Waals surface area contributed by atoms with Crippen molar-refractivity contribution in [3.8, 4) is 0 Å². The van der Waals surface area contributed by atoms with Gasteiger partial charge in [-0.05, 0) is 12.8 Å². The number of hydrogen-bond acceptors (Lipinski definition) is 1. The fraction of sp³-hybridized carbons (Fsp3) is 0.462. The molecule has 2 aliphatic rings. The van der Waals surface area contributed by atoms with Crippen LogP contribution >= 0.6 is 0 Å². The van der Waals surface area contributed by atoms with E-state index in [0.717, 1.165) is 6.42 Å². The van der Waals surface area contributed by atoms with Crippen molar-refractivity contribution < 1.29 is 26.7 Å². The number of hydrogen-bond donors (Lipinski definition) is 0. The average Bonchev–Trinajstić information content (AvgIpc) is 2.31. The van der Waals surface area contributed by atoms with Crippen LogP contribution in [-0.2, 0) is 4.79 Å². The van der Waals surface area contributed by atoms with Gasteiger partial charge in [-0.3, -0.25) is 4.79 Å². The Morgan fingerprint density at radius 1 is 0.842 bits per heavy atom. The predicted octanol–water partition coefficient (Wildman–Crippen LogP) is 3.61.